The van der Waals surface area contributed by atoms with Gasteiger partial charge >= 0.3 is 11.8 Å². The molecule has 28 heavy (non-hydrogen) atoms. The highest BCUT2D eigenvalue weighted by molar-refractivity contribution is 7.08. The standard InChI is InChI=1S/C21H23N3O3S/c1-14-4-5-16(11-17(14)24-9-2-3-18(24)25)23-20(27)19(26)22-13-21(7-8-21)15-6-10-28-12-15/h4-6,10-12H,2-3,7-9,13H2,1H3,(H,22,26)(H,23,27). The molecular weight excluding hydrogens is 374 g/mol. The van der Waals surface area contributed by atoms with Gasteiger partial charge in [0, 0.05) is 36.3 Å². The number of hydrogen-bond donors (Lipinski definition) is 2. The van der Waals surface area contributed by atoms with Crippen molar-refractivity contribution in [3.8, 4) is 0 Å². The number of benzene rings is 1. The third-order valence-corrected chi connectivity index (χ3v) is 6.30. The average Bonchev–Trinajstić information content (AvgIpc) is 3.06. The van der Waals surface area contributed by atoms with Crippen LogP contribution < -0.4 is 15.5 Å². The van der Waals surface area contributed by atoms with Crippen LogP contribution in [0.3, 0.4) is 0 Å². The molecular formula is C21H23N3O3S. The van der Waals surface area contributed by atoms with Crippen LogP contribution in [0.15, 0.2) is 35.0 Å². The fourth-order valence-corrected chi connectivity index (χ4v) is 4.46. The lowest BCUT2D eigenvalue weighted by Crippen LogP contribution is -2.39. The van der Waals surface area contributed by atoms with E-state index in [0.717, 1.165) is 30.5 Å². The Labute approximate surface area is 167 Å². The van der Waals surface area contributed by atoms with Gasteiger partial charge in [-0.1, -0.05) is 6.07 Å². The predicted octanol–water partition coefficient (Wildman–Crippen LogP) is 2.97. The van der Waals surface area contributed by atoms with Crippen LogP contribution >= 0.6 is 11.3 Å². The largest absolute Gasteiger partial charge is 0.347 e. The molecule has 0 spiro atoms. The number of carbonyl (C=O) groups is 3. The molecule has 2 fully saturated rings. The van der Waals surface area contributed by atoms with E-state index in [2.05, 4.69) is 22.1 Å². The number of nitrogens with zero attached hydrogens (tertiary/aromatic N) is 1. The van der Waals surface area contributed by atoms with Gasteiger partial charge < -0.3 is 15.5 Å². The maximum atomic E-state index is 12.3. The second-order valence-corrected chi connectivity index (χ2v) is 8.36. The summed E-state index contributed by atoms with van der Waals surface area (Å²) in [6, 6.07) is 7.44. The number of amides is 3. The summed E-state index contributed by atoms with van der Waals surface area (Å²) in [5, 5.41) is 9.56. The highest BCUT2D eigenvalue weighted by Gasteiger charge is 2.44. The Morgan fingerprint density at radius 2 is 2.04 bits per heavy atom. The van der Waals surface area contributed by atoms with Crippen LogP contribution in [0, 0.1) is 6.92 Å². The number of anilines is 2. The Morgan fingerprint density at radius 1 is 1.21 bits per heavy atom. The maximum absolute atomic E-state index is 12.3. The van der Waals surface area contributed by atoms with Crippen LogP contribution in [0.25, 0.3) is 0 Å². The number of thiophene rings is 1. The summed E-state index contributed by atoms with van der Waals surface area (Å²) in [5.41, 5.74) is 3.48. The van der Waals surface area contributed by atoms with Crippen molar-refractivity contribution in [2.24, 2.45) is 0 Å². The van der Waals surface area contributed by atoms with Gasteiger partial charge in [0.05, 0.1) is 0 Å². The molecule has 1 aromatic carbocycles. The number of nitrogens with one attached hydrogen (secondary N) is 2. The molecule has 1 aliphatic heterocycles. The molecule has 0 atom stereocenters. The third-order valence-electron chi connectivity index (χ3n) is 5.61. The van der Waals surface area contributed by atoms with Crippen LogP contribution in [0.5, 0.6) is 0 Å². The van der Waals surface area contributed by atoms with E-state index in [1.54, 1.807) is 28.4 Å². The summed E-state index contributed by atoms with van der Waals surface area (Å²) in [7, 11) is 0. The second kappa shape index (κ2) is 7.39. The van der Waals surface area contributed by atoms with E-state index in [1.807, 2.05) is 18.4 Å². The first-order chi connectivity index (χ1) is 13.5. The van der Waals surface area contributed by atoms with E-state index in [-0.39, 0.29) is 11.3 Å². The third kappa shape index (κ3) is 3.67. The molecule has 6 nitrogen and oxygen atoms in total. The van der Waals surface area contributed by atoms with E-state index in [0.29, 0.717) is 25.2 Å². The van der Waals surface area contributed by atoms with Gasteiger partial charge in [0.25, 0.3) is 0 Å². The summed E-state index contributed by atoms with van der Waals surface area (Å²) in [5.74, 6) is -1.24. The topological polar surface area (TPSA) is 78.5 Å². The van der Waals surface area contributed by atoms with Gasteiger partial charge in [-0.3, -0.25) is 14.4 Å². The normalized spacial score (nSPS) is 17.5. The molecule has 1 saturated carbocycles. The van der Waals surface area contributed by atoms with Crippen molar-refractivity contribution in [3.63, 3.8) is 0 Å². The first kappa shape index (κ1) is 18.7. The zero-order chi connectivity index (χ0) is 19.7. The van der Waals surface area contributed by atoms with Crippen molar-refractivity contribution in [1.29, 1.82) is 0 Å². The van der Waals surface area contributed by atoms with Crippen LogP contribution in [0.4, 0.5) is 11.4 Å². The minimum absolute atomic E-state index is 0.0108. The van der Waals surface area contributed by atoms with Gasteiger partial charge in [0.2, 0.25) is 5.91 Å². The molecule has 1 saturated heterocycles. The van der Waals surface area contributed by atoms with Crippen LogP contribution in [-0.2, 0) is 19.8 Å². The minimum atomic E-state index is -0.691. The van der Waals surface area contributed by atoms with Gasteiger partial charge in [-0.05, 0) is 66.3 Å². The van der Waals surface area contributed by atoms with Gasteiger partial charge in [-0.25, -0.2) is 0 Å². The Hall–Kier alpha value is -2.67. The first-order valence-corrected chi connectivity index (χ1v) is 10.5. The molecule has 4 rings (SSSR count). The summed E-state index contributed by atoms with van der Waals surface area (Å²) >= 11 is 1.64. The maximum Gasteiger partial charge on any atom is 0.313 e. The molecule has 0 bridgehead atoms. The second-order valence-electron chi connectivity index (χ2n) is 7.58. The van der Waals surface area contributed by atoms with Gasteiger partial charge in [0.1, 0.15) is 0 Å². The summed E-state index contributed by atoms with van der Waals surface area (Å²) in [6.07, 6.45) is 3.43. The predicted molar refractivity (Wildman–Crippen MR) is 110 cm³/mol. The van der Waals surface area contributed by atoms with Crippen LogP contribution in [0.2, 0.25) is 0 Å². The van der Waals surface area contributed by atoms with E-state index < -0.39 is 11.8 Å². The van der Waals surface area contributed by atoms with Crippen LogP contribution in [-0.4, -0.2) is 30.8 Å². The molecule has 3 amide bonds. The number of carbonyl (C=O) groups excluding carboxylic acids is 3. The molecule has 2 N–H and O–H groups in total. The molecule has 7 heteroatoms. The quantitative estimate of drug-likeness (QED) is 0.762. The monoisotopic (exact) mass is 397 g/mol. The Kier molecular flexibility index (Phi) is 4.93. The molecule has 2 aliphatic rings. The summed E-state index contributed by atoms with van der Waals surface area (Å²) in [4.78, 5) is 38.3. The summed E-state index contributed by atoms with van der Waals surface area (Å²) in [6.45, 7) is 3.08. The number of rotatable bonds is 5. The zero-order valence-electron chi connectivity index (χ0n) is 15.8. The van der Waals surface area contributed by atoms with Crippen molar-refractivity contribution in [1.82, 2.24) is 5.32 Å². The van der Waals surface area contributed by atoms with E-state index in [4.69, 9.17) is 0 Å². The van der Waals surface area contributed by atoms with Crippen molar-refractivity contribution < 1.29 is 14.4 Å². The Morgan fingerprint density at radius 3 is 2.68 bits per heavy atom. The van der Waals surface area contributed by atoms with E-state index in [9.17, 15) is 14.4 Å². The number of hydrogen-bond acceptors (Lipinski definition) is 4. The lowest BCUT2D eigenvalue weighted by Gasteiger charge is -2.19. The van der Waals surface area contributed by atoms with Crippen molar-refractivity contribution in [3.05, 3.63) is 46.2 Å². The highest BCUT2D eigenvalue weighted by atomic mass is 32.1. The lowest BCUT2D eigenvalue weighted by atomic mass is 9.99. The first-order valence-electron chi connectivity index (χ1n) is 9.51. The Bertz CT molecular complexity index is 919. The number of aryl methyl sites for hydroxylation is 1. The molecule has 2 heterocycles. The van der Waals surface area contributed by atoms with Crippen molar-refractivity contribution in [2.45, 2.75) is 38.0 Å². The molecule has 0 radical (unpaired) electrons. The average molecular weight is 398 g/mol. The smallest absolute Gasteiger partial charge is 0.313 e. The molecule has 1 aliphatic carbocycles. The van der Waals surface area contributed by atoms with E-state index in [1.165, 1.54) is 5.56 Å². The van der Waals surface area contributed by atoms with Crippen molar-refractivity contribution >= 4 is 40.4 Å². The van der Waals surface area contributed by atoms with Gasteiger partial charge in [-0.15, -0.1) is 0 Å². The van der Waals surface area contributed by atoms with E-state index >= 15 is 0 Å². The van der Waals surface area contributed by atoms with Crippen LogP contribution in [0.1, 0.15) is 36.8 Å². The fraction of sp³-hybridized carbons (Fsp3) is 0.381. The zero-order valence-corrected chi connectivity index (χ0v) is 16.6. The molecule has 1 aromatic heterocycles. The summed E-state index contributed by atoms with van der Waals surface area (Å²) < 4.78 is 0. The lowest BCUT2D eigenvalue weighted by molar-refractivity contribution is -0.136. The molecule has 2 aromatic rings. The van der Waals surface area contributed by atoms with Gasteiger partial charge in [-0.2, -0.15) is 11.3 Å². The minimum Gasteiger partial charge on any atom is -0.347 e. The van der Waals surface area contributed by atoms with Gasteiger partial charge in [0.15, 0.2) is 0 Å². The van der Waals surface area contributed by atoms with Crippen molar-refractivity contribution in [2.75, 3.05) is 23.3 Å². The molecule has 0 unspecified atom stereocenters. The highest BCUT2D eigenvalue weighted by Crippen LogP contribution is 2.48. The molecule has 146 valence electrons. The Balaban J connectivity index is 1.38. The fourth-order valence-electron chi connectivity index (χ4n) is 3.68. The SMILES string of the molecule is Cc1ccc(NC(=O)C(=O)NCC2(c3ccsc3)CC2)cc1N1CCCC1=O.